The molecule has 0 aliphatic rings. The van der Waals surface area contributed by atoms with Crippen LogP contribution in [0.3, 0.4) is 0 Å². The van der Waals surface area contributed by atoms with Gasteiger partial charge in [-0.05, 0) is 37.1 Å². The van der Waals surface area contributed by atoms with Gasteiger partial charge in [-0.2, -0.15) is 5.10 Å². The molecule has 0 unspecified atom stereocenters. The van der Waals surface area contributed by atoms with Gasteiger partial charge in [0.05, 0.1) is 0 Å². The molecular formula is C13H17BrN2O2. The number of ether oxygens (including phenoxy) is 1. The van der Waals surface area contributed by atoms with Crippen LogP contribution in [0.25, 0.3) is 0 Å². The Morgan fingerprint density at radius 1 is 1.28 bits per heavy atom. The summed E-state index contributed by atoms with van der Waals surface area (Å²) in [7, 11) is 0. The van der Waals surface area contributed by atoms with Crippen LogP contribution in [0.5, 0.6) is 5.75 Å². The molecule has 18 heavy (non-hydrogen) atoms. The molecule has 1 aromatic carbocycles. The van der Waals surface area contributed by atoms with Crippen molar-refractivity contribution in [3.05, 3.63) is 28.7 Å². The number of hydrogen-bond acceptors (Lipinski definition) is 3. The van der Waals surface area contributed by atoms with Crippen molar-refractivity contribution in [3.8, 4) is 5.75 Å². The average molecular weight is 313 g/mol. The van der Waals surface area contributed by atoms with Gasteiger partial charge in [0.25, 0.3) is 5.91 Å². The lowest BCUT2D eigenvalue weighted by atomic mass is 10.2. The van der Waals surface area contributed by atoms with Gasteiger partial charge >= 0.3 is 0 Å². The Labute approximate surface area is 116 Å². The minimum absolute atomic E-state index is 0.0359. The lowest BCUT2D eigenvalue weighted by Gasteiger charge is -2.05. The molecular weight excluding hydrogens is 296 g/mol. The lowest BCUT2D eigenvalue weighted by molar-refractivity contribution is -0.123. The number of halogens is 1. The van der Waals surface area contributed by atoms with E-state index >= 15 is 0 Å². The first-order chi connectivity index (χ1) is 8.65. The van der Waals surface area contributed by atoms with Crippen molar-refractivity contribution in [3.63, 3.8) is 0 Å². The largest absolute Gasteiger partial charge is 0.484 e. The van der Waals surface area contributed by atoms with E-state index in [1.54, 1.807) is 12.1 Å². The van der Waals surface area contributed by atoms with Crippen molar-refractivity contribution in [2.45, 2.75) is 26.7 Å². The molecule has 1 aromatic rings. The van der Waals surface area contributed by atoms with Crippen molar-refractivity contribution in [2.24, 2.45) is 5.10 Å². The minimum Gasteiger partial charge on any atom is -0.484 e. The number of hydrazone groups is 1. The third kappa shape index (κ3) is 5.31. The van der Waals surface area contributed by atoms with Crippen molar-refractivity contribution < 1.29 is 9.53 Å². The fourth-order valence-electron chi connectivity index (χ4n) is 1.26. The Morgan fingerprint density at radius 2 is 1.89 bits per heavy atom. The molecule has 0 radical (unpaired) electrons. The molecule has 0 bridgehead atoms. The molecule has 1 N–H and O–H groups in total. The number of hydrogen-bond donors (Lipinski definition) is 1. The van der Waals surface area contributed by atoms with Gasteiger partial charge in [0.2, 0.25) is 0 Å². The SMILES string of the molecule is CCC(CC)=NNC(=O)COc1ccc(Br)cc1. The molecule has 1 amide bonds. The van der Waals surface area contributed by atoms with Crippen LogP contribution >= 0.6 is 15.9 Å². The third-order valence-electron chi connectivity index (χ3n) is 2.34. The smallest absolute Gasteiger partial charge is 0.277 e. The number of carbonyl (C=O) groups is 1. The first-order valence-corrected chi connectivity index (χ1v) is 6.67. The van der Waals surface area contributed by atoms with Crippen LogP contribution in [0.15, 0.2) is 33.8 Å². The summed E-state index contributed by atoms with van der Waals surface area (Å²) in [4.78, 5) is 11.5. The minimum atomic E-state index is -0.252. The maximum atomic E-state index is 11.5. The Kier molecular flexibility index (Phi) is 6.43. The normalized spacial score (nSPS) is 9.72. The van der Waals surface area contributed by atoms with Crippen LogP contribution in [-0.4, -0.2) is 18.2 Å². The first kappa shape index (κ1) is 14.7. The monoisotopic (exact) mass is 312 g/mol. The topological polar surface area (TPSA) is 50.7 Å². The standard InChI is InChI=1S/C13H17BrN2O2/c1-3-11(4-2)15-16-13(17)9-18-12-7-5-10(14)6-8-12/h5-8H,3-4,9H2,1-2H3,(H,16,17). The van der Waals surface area contributed by atoms with E-state index in [9.17, 15) is 4.79 Å². The van der Waals surface area contributed by atoms with Crippen molar-refractivity contribution in [1.82, 2.24) is 5.43 Å². The summed E-state index contributed by atoms with van der Waals surface area (Å²) in [6.07, 6.45) is 1.68. The molecule has 0 fully saturated rings. The maximum absolute atomic E-state index is 11.5. The molecule has 0 aliphatic carbocycles. The molecule has 5 heteroatoms. The second kappa shape index (κ2) is 7.87. The van der Waals surface area contributed by atoms with Gasteiger partial charge in [-0.25, -0.2) is 5.43 Å². The van der Waals surface area contributed by atoms with Crippen LogP contribution in [0, 0.1) is 0 Å². The van der Waals surface area contributed by atoms with Crippen LogP contribution in [0.4, 0.5) is 0 Å². The zero-order valence-electron chi connectivity index (χ0n) is 10.6. The number of rotatable bonds is 6. The number of nitrogens with zero attached hydrogens (tertiary/aromatic N) is 1. The van der Waals surface area contributed by atoms with Crippen molar-refractivity contribution in [1.29, 1.82) is 0 Å². The summed E-state index contributed by atoms with van der Waals surface area (Å²) in [5, 5.41) is 4.02. The van der Waals surface area contributed by atoms with Gasteiger partial charge in [0.1, 0.15) is 5.75 Å². The van der Waals surface area contributed by atoms with E-state index in [1.807, 2.05) is 26.0 Å². The molecule has 0 heterocycles. The second-order valence-corrected chi connectivity index (χ2v) is 4.58. The number of benzene rings is 1. The number of nitrogens with one attached hydrogen (secondary N) is 1. The van der Waals surface area contributed by atoms with Crippen LogP contribution < -0.4 is 10.2 Å². The van der Waals surface area contributed by atoms with Gasteiger partial charge in [0.15, 0.2) is 6.61 Å². The highest BCUT2D eigenvalue weighted by Gasteiger charge is 2.02. The molecule has 0 saturated heterocycles. The van der Waals surface area contributed by atoms with Gasteiger partial charge in [-0.3, -0.25) is 4.79 Å². The van der Waals surface area contributed by atoms with Crippen LogP contribution in [0.1, 0.15) is 26.7 Å². The Hall–Kier alpha value is -1.36. The molecule has 0 atom stereocenters. The highest BCUT2D eigenvalue weighted by molar-refractivity contribution is 9.10. The van der Waals surface area contributed by atoms with E-state index in [-0.39, 0.29) is 12.5 Å². The molecule has 4 nitrogen and oxygen atoms in total. The Morgan fingerprint density at radius 3 is 2.44 bits per heavy atom. The van der Waals surface area contributed by atoms with E-state index in [2.05, 4.69) is 26.5 Å². The molecule has 1 rings (SSSR count). The van der Waals surface area contributed by atoms with Gasteiger partial charge in [-0.15, -0.1) is 0 Å². The lowest BCUT2D eigenvalue weighted by Crippen LogP contribution is -2.25. The van der Waals surface area contributed by atoms with Crippen molar-refractivity contribution >= 4 is 27.5 Å². The summed E-state index contributed by atoms with van der Waals surface area (Å²) in [6.45, 7) is 3.98. The zero-order chi connectivity index (χ0) is 13.4. The molecule has 98 valence electrons. The summed E-state index contributed by atoms with van der Waals surface area (Å²) >= 11 is 3.33. The van der Waals surface area contributed by atoms with Crippen molar-refractivity contribution in [2.75, 3.05) is 6.61 Å². The predicted octanol–water partition coefficient (Wildman–Crippen LogP) is 3.12. The summed E-state index contributed by atoms with van der Waals surface area (Å²) in [5.41, 5.74) is 3.45. The van der Waals surface area contributed by atoms with E-state index in [0.717, 1.165) is 23.0 Å². The number of carbonyl (C=O) groups excluding carboxylic acids is 1. The van der Waals surface area contributed by atoms with Gasteiger partial charge < -0.3 is 4.74 Å². The molecule has 0 spiro atoms. The van der Waals surface area contributed by atoms with E-state index in [1.165, 1.54) is 0 Å². The van der Waals surface area contributed by atoms with Crippen LogP contribution in [0.2, 0.25) is 0 Å². The predicted molar refractivity (Wildman–Crippen MR) is 75.8 cm³/mol. The molecule has 0 saturated carbocycles. The molecule has 0 aromatic heterocycles. The number of amides is 1. The summed E-state index contributed by atoms with van der Waals surface area (Å²) < 4.78 is 6.29. The highest BCUT2D eigenvalue weighted by Crippen LogP contribution is 2.15. The van der Waals surface area contributed by atoms with Crippen LogP contribution in [-0.2, 0) is 4.79 Å². The van der Waals surface area contributed by atoms with E-state index in [4.69, 9.17) is 4.74 Å². The summed E-state index contributed by atoms with van der Waals surface area (Å²) in [5.74, 6) is 0.404. The van der Waals surface area contributed by atoms with E-state index < -0.39 is 0 Å². The highest BCUT2D eigenvalue weighted by atomic mass is 79.9. The third-order valence-corrected chi connectivity index (χ3v) is 2.87. The van der Waals surface area contributed by atoms with Gasteiger partial charge in [-0.1, -0.05) is 29.8 Å². The summed E-state index contributed by atoms with van der Waals surface area (Å²) in [6, 6.07) is 7.31. The second-order valence-electron chi connectivity index (χ2n) is 3.66. The van der Waals surface area contributed by atoms with E-state index in [0.29, 0.717) is 5.75 Å². The maximum Gasteiger partial charge on any atom is 0.277 e. The van der Waals surface area contributed by atoms with Gasteiger partial charge in [0, 0.05) is 10.2 Å². The fourth-order valence-corrected chi connectivity index (χ4v) is 1.53. The Balaban J connectivity index is 2.37. The quantitative estimate of drug-likeness (QED) is 0.648. The Bertz CT molecular complexity index is 410. The molecule has 0 aliphatic heterocycles. The zero-order valence-corrected chi connectivity index (χ0v) is 12.2. The average Bonchev–Trinajstić information content (AvgIpc) is 2.39. The fraction of sp³-hybridized carbons (Fsp3) is 0.385. The first-order valence-electron chi connectivity index (χ1n) is 5.88.